The number of amides is 2. The van der Waals surface area contributed by atoms with E-state index in [-0.39, 0.29) is 6.03 Å². The Morgan fingerprint density at radius 3 is 2.77 bits per heavy atom. The second-order valence-corrected chi connectivity index (χ2v) is 8.92. The van der Waals surface area contributed by atoms with Gasteiger partial charge in [-0.1, -0.05) is 17.7 Å². The first-order valence-electron chi connectivity index (χ1n) is 9.67. The topological polar surface area (TPSA) is 78.7 Å². The van der Waals surface area contributed by atoms with Crippen LogP contribution in [0.25, 0.3) is 15.9 Å². The van der Waals surface area contributed by atoms with Gasteiger partial charge in [0.25, 0.3) is 0 Å². The molecule has 0 bridgehead atoms. The van der Waals surface area contributed by atoms with E-state index in [9.17, 15) is 4.79 Å². The Bertz CT molecular complexity index is 1260. The number of urea groups is 1. The van der Waals surface area contributed by atoms with Crippen LogP contribution in [0.1, 0.15) is 10.4 Å². The Labute approximate surface area is 182 Å². The van der Waals surface area contributed by atoms with Gasteiger partial charge in [0.15, 0.2) is 5.65 Å². The average Bonchev–Trinajstić information content (AvgIpc) is 3.32. The first-order valence-corrected chi connectivity index (χ1v) is 10.9. The molecule has 1 N–H and O–H groups in total. The van der Waals surface area contributed by atoms with Crippen LogP contribution in [0.15, 0.2) is 30.6 Å². The van der Waals surface area contributed by atoms with E-state index >= 15 is 0 Å². The summed E-state index contributed by atoms with van der Waals surface area (Å²) in [4.78, 5) is 28.2. The number of carbonyl (C=O) groups is 1. The standard InChI is InChI=1S/C20H20ClN7OS/c1-12-13(2)30-18-16(12)17-22-11-23-28(17)19(25-18)26-6-8-27(9-7-26)20(29)24-15-5-3-4-14(21)10-15/h3-5,10-11H,6-9H2,1-2H3,(H,24,29). The number of piperazine rings is 1. The summed E-state index contributed by atoms with van der Waals surface area (Å²) in [5.41, 5.74) is 2.72. The minimum Gasteiger partial charge on any atom is -0.337 e. The van der Waals surface area contributed by atoms with Crippen molar-refractivity contribution in [3.8, 4) is 0 Å². The van der Waals surface area contributed by atoms with E-state index in [1.54, 1.807) is 34.7 Å². The minimum absolute atomic E-state index is 0.129. The average molecular weight is 442 g/mol. The van der Waals surface area contributed by atoms with Crippen molar-refractivity contribution in [2.45, 2.75) is 13.8 Å². The summed E-state index contributed by atoms with van der Waals surface area (Å²) in [6.45, 7) is 6.71. The highest BCUT2D eigenvalue weighted by atomic mass is 35.5. The monoisotopic (exact) mass is 441 g/mol. The maximum absolute atomic E-state index is 12.6. The predicted octanol–water partition coefficient (Wildman–Crippen LogP) is 3.96. The van der Waals surface area contributed by atoms with Crippen LogP contribution in [0, 0.1) is 13.8 Å². The van der Waals surface area contributed by atoms with Gasteiger partial charge >= 0.3 is 6.03 Å². The number of carbonyl (C=O) groups excluding carboxylic acids is 1. The van der Waals surface area contributed by atoms with Crippen molar-refractivity contribution in [2.24, 2.45) is 0 Å². The number of fused-ring (bicyclic) bond motifs is 3. The smallest absolute Gasteiger partial charge is 0.321 e. The third-order valence-corrected chi connectivity index (χ3v) is 6.79. The van der Waals surface area contributed by atoms with Crippen LogP contribution < -0.4 is 10.2 Å². The summed E-state index contributed by atoms with van der Waals surface area (Å²) < 4.78 is 1.81. The highest BCUT2D eigenvalue weighted by Crippen LogP contribution is 2.33. The molecule has 10 heteroatoms. The van der Waals surface area contributed by atoms with Gasteiger partial charge in [-0.05, 0) is 37.6 Å². The maximum Gasteiger partial charge on any atom is 0.321 e. The number of hydrogen-bond acceptors (Lipinski definition) is 6. The normalized spacial score (nSPS) is 14.6. The highest BCUT2D eigenvalue weighted by molar-refractivity contribution is 7.18. The number of aryl methyl sites for hydroxylation is 2. The van der Waals surface area contributed by atoms with Crippen LogP contribution in [0.3, 0.4) is 0 Å². The molecule has 0 saturated carbocycles. The molecule has 0 radical (unpaired) electrons. The Morgan fingerprint density at radius 2 is 2.00 bits per heavy atom. The van der Waals surface area contributed by atoms with Gasteiger partial charge in [0, 0.05) is 41.8 Å². The fraction of sp³-hybridized carbons (Fsp3) is 0.300. The molecule has 1 saturated heterocycles. The molecule has 1 aliphatic rings. The van der Waals surface area contributed by atoms with E-state index in [4.69, 9.17) is 16.6 Å². The van der Waals surface area contributed by atoms with Crippen LogP contribution in [0.2, 0.25) is 5.02 Å². The number of anilines is 2. The van der Waals surface area contributed by atoms with Gasteiger partial charge in [0.2, 0.25) is 5.95 Å². The molecule has 30 heavy (non-hydrogen) atoms. The molecule has 4 heterocycles. The molecule has 0 aliphatic carbocycles. The van der Waals surface area contributed by atoms with Gasteiger partial charge in [0.05, 0.1) is 5.39 Å². The quantitative estimate of drug-likeness (QED) is 0.509. The van der Waals surface area contributed by atoms with E-state index in [2.05, 4.69) is 34.1 Å². The number of thiophene rings is 1. The molecule has 1 aromatic carbocycles. The van der Waals surface area contributed by atoms with Crippen molar-refractivity contribution in [3.05, 3.63) is 46.1 Å². The van der Waals surface area contributed by atoms with E-state index in [0.29, 0.717) is 36.9 Å². The number of rotatable bonds is 2. The zero-order valence-electron chi connectivity index (χ0n) is 16.6. The van der Waals surface area contributed by atoms with Gasteiger partial charge in [0.1, 0.15) is 11.2 Å². The van der Waals surface area contributed by atoms with Crippen molar-refractivity contribution in [1.82, 2.24) is 24.5 Å². The van der Waals surface area contributed by atoms with Gasteiger partial charge < -0.3 is 15.1 Å². The zero-order chi connectivity index (χ0) is 20.8. The Balaban J connectivity index is 1.36. The lowest BCUT2D eigenvalue weighted by Gasteiger charge is -2.35. The summed E-state index contributed by atoms with van der Waals surface area (Å²) >= 11 is 7.68. The fourth-order valence-corrected chi connectivity index (χ4v) is 4.94. The van der Waals surface area contributed by atoms with Crippen LogP contribution in [0.4, 0.5) is 16.4 Å². The fourth-order valence-electron chi connectivity index (χ4n) is 3.73. The van der Waals surface area contributed by atoms with Gasteiger partial charge in [-0.2, -0.15) is 9.61 Å². The number of benzene rings is 1. The van der Waals surface area contributed by atoms with Crippen molar-refractivity contribution < 1.29 is 4.79 Å². The van der Waals surface area contributed by atoms with Crippen LogP contribution in [-0.4, -0.2) is 56.7 Å². The highest BCUT2D eigenvalue weighted by Gasteiger charge is 2.25. The molecule has 5 rings (SSSR count). The third kappa shape index (κ3) is 3.23. The number of hydrogen-bond donors (Lipinski definition) is 1. The number of nitrogens with zero attached hydrogens (tertiary/aromatic N) is 6. The molecule has 1 fully saturated rings. The summed E-state index contributed by atoms with van der Waals surface area (Å²) in [5.74, 6) is 0.770. The first-order chi connectivity index (χ1) is 14.5. The van der Waals surface area contributed by atoms with E-state index in [0.717, 1.165) is 21.8 Å². The molecule has 8 nitrogen and oxygen atoms in total. The molecular formula is C20H20ClN7OS. The van der Waals surface area contributed by atoms with Gasteiger partial charge in [-0.15, -0.1) is 11.3 Å². The largest absolute Gasteiger partial charge is 0.337 e. The summed E-state index contributed by atoms with van der Waals surface area (Å²) in [7, 11) is 0. The molecule has 2 amide bonds. The maximum atomic E-state index is 12.6. The van der Waals surface area contributed by atoms with Gasteiger partial charge in [-0.25, -0.2) is 14.8 Å². The van der Waals surface area contributed by atoms with Crippen LogP contribution in [-0.2, 0) is 0 Å². The van der Waals surface area contributed by atoms with E-state index in [1.807, 2.05) is 16.6 Å². The second-order valence-electron chi connectivity index (χ2n) is 7.29. The lowest BCUT2D eigenvalue weighted by Crippen LogP contribution is -2.50. The van der Waals surface area contributed by atoms with Crippen LogP contribution in [0.5, 0.6) is 0 Å². The van der Waals surface area contributed by atoms with Crippen molar-refractivity contribution in [3.63, 3.8) is 0 Å². The Morgan fingerprint density at radius 1 is 1.20 bits per heavy atom. The summed E-state index contributed by atoms with van der Waals surface area (Å²) in [6.07, 6.45) is 1.57. The Kier molecular flexibility index (Phi) is 4.71. The molecule has 154 valence electrons. The molecule has 1 aliphatic heterocycles. The van der Waals surface area contributed by atoms with Crippen molar-refractivity contribution in [1.29, 1.82) is 0 Å². The number of nitrogens with one attached hydrogen (secondary N) is 1. The van der Waals surface area contributed by atoms with E-state index < -0.39 is 0 Å². The van der Waals surface area contributed by atoms with E-state index in [1.165, 1.54) is 10.4 Å². The Hall–Kier alpha value is -2.91. The van der Waals surface area contributed by atoms with Crippen LogP contribution >= 0.6 is 22.9 Å². The second kappa shape index (κ2) is 7.41. The molecular weight excluding hydrogens is 422 g/mol. The lowest BCUT2D eigenvalue weighted by atomic mass is 10.2. The molecule has 0 spiro atoms. The first kappa shape index (κ1) is 19.1. The summed E-state index contributed by atoms with van der Waals surface area (Å²) in [5, 5.41) is 8.98. The SMILES string of the molecule is Cc1sc2nc(N3CCN(C(=O)Nc4cccc(Cl)c4)CC3)n3ncnc3c2c1C. The third-order valence-electron chi connectivity index (χ3n) is 5.45. The predicted molar refractivity (Wildman–Crippen MR) is 120 cm³/mol. The molecule has 0 unspecified atom stereocenters. The molecule has 3 aromatic heterocycles. The molecule has 4 aromatic rings. The lowest BCUT2D eigenvalue weighted by molar-refractivity contribution is 0.208. The summed E-state index contributed by atoms with van der Waals surface area (Å²) in [6, 6.07) is 7.03. The van der Waals surface area contributed by atoms with Crippen molar-refractivity contribution >= 4 is 56.5 Å². The van der Waals surface area contributed by atoms with Gasteiger partial charge in [-0.3, -0.25) is 0 Å². The van der Waals surface area contributed by atoms with Crippen molar-refractivity contribution in [2.75, 3.05) is 36.4 Å². The number of halogens is 1. The minimum atomic E-state index is -0.129. The zero-order valence-corrected chi connectivity index (χ0v) is 18.2. The number of aromatic nitrogens is 4. The molecule has 0 atom stereocenters.